The molecule has 1 amide bonds. The highest BCUT2D eigenvalue weighted by molar-refractivity contribution is 5.68. The minimum Gasteiger partial charge on any atom is -0.444 e. The molecule has 0 radical (unpaired) electrons. The van der Waals surface area contributed by atoms with Crippen molar-refractivity contribution < 1.29 is 9.53 Å². The molecule has 4 heteroatoms. The lowest BCUT2D eigenvalue weighted by Crippen LogP contribution is -2.46. The Kier molecular flexibility index (Phi) is 5.18. The van der Waals surface area contributed by atoms with Crippen molar-refractivity contribution >= 4 is 6.09 Å². The molecule has 0 aliphatic heterocycles. The molecule has 1 unspecified atom stereocenters. The summed E-state index contributed by atoms with van der Waals surface area (Å²) in [5, 5.41) is 3.77. The van der Waals surface area contributed by atoms with Gasteiger partial charge in [0.2, 0.25) is 0 Å². The molecule has 4 nitrogen and oxygen atoms in total. The molecular formula is C17H32N2O2. The molecule has 1 N–H and O–H groups in total. The van der Waals surface area contributed by atoms with Crippen molar-refractivity contribution in [3.63, 3.8) is 0 Å². The summed E-state index contributed by atoms with van der Waals surface area (Å²) >= 11 is 0. The standard InChI is InChI=1S/C17H32N2O2/c1-12(13-6-7-13)18-14-8-10-15(11-9-14)19(5)16(20)21-17(2,3)4/h12-15,18H,6-11H2,1-5H3. The highest BCUT2D eigenvalue weighted by Gasteiger charge is 2.32. The van der Waals surface area contributed by atoms with Crippen LogP contribution in [0.15, 0.2) is 0 Å². The van der Waals surface area contributed by atoms with Gasteiger partial charge in [0.05, 0.1) is 0 Å². The van der Waals surface area contributed by atoms with Gasteiger partial charge < -0.3 is 15.0 Å². The number of carbonyl (C=O) groups is 1. The zero-order valence-electron chi connectivity index (χ0n) is 14.3. The predicted octanol–water partition coefficient (Wildman–Crippen LogP) is 3.55. The first-order chi connectivity index (χ1) is 9.76. The summed E-state index contributed by atoms with van der Waals surface area (Å²) in [7, 11) is 1.87. The maximum Gasteiger partial charge on any atom is 0.410 e. The van der Waals surface area contributed by atoms with Gasteiger partial charge in [-0.05, 0) is 72.1 Å². The molecule has 21 heavy (non-hydrogen) atoms. The van der Waals surface area contributed by atoms with Crippen molar-refractivity contribution in [2.45, 2.75) is 89.9 Å². The average Bonchev–Trinajstić information content (AvgIpc) is 3.21. The third-order valence-electron chi connectivity index (χ3n) is 4.75. The Balaban J connectivity index is 1.73. The minimum atomic E-state index is -0.413. The van der Waals surface area contributed by atoms with Gasteiger partial charge in [0.1, 0.15) is 5.60 Å². The molecule has 122 valence electrons. The molecule has 2 rings (SSSR count). The smallest absolute Gasteiger partial charge is 0.410 e. The molecule has 0 aromatic heterocycles. The van der Waals surface area contributed by atoms with Crippen LogP contribution in [-0.4, -0.2) is 41.8 Å². The SMILES string of the molecule is CC(NC1CCC(N(C)C(=O)OC(C)(C)C)CC1)C1CC1. The molecule has 2 aliphatic rings. The normalized spacial score (nSPS) is 28.0. The van der Waals surface area contributed by atoms with Gasteiger partial charge in [0.25, 0.3) is 0 Å². The van der Waals surface area contributed by atoms with Crippen LogP contribution in [0.2, 0.25) is 0 Å². The Hall–Kier alpha value is -0.770. The van der Waals surface area contributed by atoms with E-state index in [2.05, 4.69) is 12.2 Å². The van der Waals surface area contributed by atoms with Crippen LogP contribution in [0, 0.1) is 5.92 Å². The van der Waals surface area contributed by atoms with E-state index in [9.17, 15) is 4.79 Å². The van der Waals surface area contributed by atoms with Crippen molar-refractivity contribution in [2.24, 2.45) is 5.92 Å². The van der Waals surface area contributed by atoms with E-state index in [1.54, 1.807) is 4.90 Å². The first kappa shape index (κ1) is 16.6. The van der Waals surface area contributed by atoms with E-state index < -0.39 is 5.60 Å². The third-order valence-corrected chi connectivity index (χ3v) is 4.75. The van der Waals surface area contributed by atoms with Crippen LogP contribution in [0.25, 0.3) is 0 Å². The van der Waals surface area contributed by atoms with Crippen molar-refractivity contribution in [3.8, 4) is 0 Å². The van der Waals surface area contributed by atoms with Crippen LogP contribution in [-0.2, 0) is 4.74 Å². The van der Waals surface area contributed by atoms with Crippen LogP contribution in [0.5, 0.6) is 0 Å². The van der Waals surface area contributed by atoms with Gasteiger partial charge in [0.15, 0.2) is 0 Å². The number of hydrogen-bond acceptors (Lipinski definition) is 3. The zero-order valence-corrected chi connectivity index (χ0v) is 14.3. The largest absolute Gasteiger partial charge is 0.444 e. The number of amides is 1. The highest BCUT2D eigenvalue weighted by atomic mass is 16.6. The van der Waals surface area contributed by atoms with Crippen LogP contribution in [0.4, 0.5) is 4.79 Å². The number of nitrogens with zero attached hydrogens (tertiary/aromatic N) is 1. The number of nitrogens with one attached hydrogen (secondary N) is 1. The zero-order chi connectivity index (χ0) is 15.6. The Morgan fingerprint density at radius 2 is 1.71 bits per heavy atom. The van der Waals surface area contributed by atoms with Gasteiger partial charge in [-0.2, -0.15) is 0 Å². The third kappa shape index (κ3) is 5.17. The van der Waals surface area contributed by atoms with Gasteiger partial charge in [-0.3, -0.25) is 0 Å². The van der Waals surface area contributed by atoms with Crippen molar-refractivity contribution in [1.82, 2.24) is 10.2 Å². The molecule has 2 saturated carbocycles. The lowest BCUT2D eigenvalue weighted by atomic mass is 9.90. The van der Waals surface area contributed by atoms with Gasteiger partial charge in [-0.1, -0.05) is 0 Å². The number of carbonyl (C=O) groups excluding carboxylic acids is 1. The van der Waals surface area contributed by atoms with Crippen molar-refractivity contribution in [2.75, 3.05) is 7.05 Å². The topological polar surface area (TPSA) is 41.6 Å². The minimum absolute atomic E-state index is 0.190. The van der Waals surface area contributed by atoms with Crippen molar-refractivity contribution in [1.29, 1.82) is 0 Å². The summed E-state index contributed by atoms with van der Waals surface area (Å²) < 4.78 is 5.46. The van der Waals surface area contributed by atoms with E-state index >= 15 is 0 Å². The Morgan fingerprint density at radius 1 is 1.14 bits per heavy atom. The summed E-state index contributed by atoms with van der Waals surface area (Å²) in [5.74, 6) is 0.909. The summed E-state index contributed by atoms with van der Waals surface area (Å²) in [6.45, 7) is 8.06. The molecule has 0 heterocycles. The van der Waals surface area contributed by atoms with E-state index in [1.807, 2.05) is 27.8 Å². The summed E-state index contributed by atoms with van der Waals surface area (Å²) in [5.41, 5.74) is -0.413. The maximum absolute atomic E-state index is 12.1. The van der Waals surface area contributed by atoms with E-state index in [0.29, 0.717) is 18.1 Å². The fourth-order valence-corrected chi connectivity index (χ4v) is 3.22. The first-order valence-electron chi connectivity index (χ1n) is 8.48. The van der Waals surface area contributed by atoms with E-state index in [0.717, 1.165) is 31.6 Å². The second-order valence-electron chi connectivity index (χ2n) is 7.89. The van der Waals surface area contributed by atoms with E-state index in [-0.39, 0.29) is 6.09 Å². The van der Waals surface area contributed by atoms with Crippen molar-refractivity contribution in [3.05, 3.63) is 0 Å². The average molecular weight is 296 g/mol. The van der Waals surface area contributed by atoms with Gasteiger partial charge in [0, 0.05) is 25.2 Å². The lowest BCUT2D eigenvalue weighted by molar-refractivity contribution is 0.0178. The fraction of sp³-hybridized carbons (Fsp3) is 0.941. The Morgan fingerprint density at radius 3 is 2.19 bits per heavy atom. The summed E-state index contributed by atoms with van der Waals surface area (Å²) in [4.78, 5) is 13.9. The maximum atomic E-state index is 12.1. The van der Waals surface area contributed by atoms with Gasteiger partial charge in [-0.15, -0.1) is 0 Å². The molecule has 2 aliphatic carbocycles. The summed E-state index contributed by atoms with van der Waals surface area (Å²) in [6, 6.07) is 1.62. The molecule has 1 atom stereocenters. The molecule has 0 aromatic carbocycles. The van der Waals surface area contributed by atoms with Crippen LogP contribution in [0.1, 0.15) is 66.2 Å². The number of hydrogen-bond donors (Lipinski definition) is 1. The predicted molar refractivity (Wildman–Crippen MR) is 85.4 cm³/mol. The second-order valence-corrected chi connectivity index (χ2v) is 7.89. The van der Waals surface area contributed by atoms with Gasteiger partial charge in [-0.25, -0.2) is 4.79 Å². The molecule has 0 saturated heterocycles. The molecule has 0 bridgehead atoms. The molecular weight excluding hydrogens is 264 g/mol. The molecule has 0 spiro atoms. The van der Waals surface area contributed by atoms with Crippen LogP contribution >= 0.6 is 0 Å². The van der Waals surface area contributed by atoms with Crippen LogP contribution in [0.3, 0.4) is 0 Å². The lowest BCUT2D eigenvalue weighted by Gasteiger charge is -2.36. The van der Waals surface area contributed by atoms with E-state index in [4.69, 9.17) is 4.74 Å². The second kappa shape index (κ2) is 6.55. The molecule has 0 aromatic rings. The number of rotatable bonds is 4. The number of ether oxygens (including phenoxy) is 1. The van der Waals surface area contributed by atoms with E-state index in [1.165, 1.54) is 12.8 Å². The molecule has 2 fully saturated rings. The Bertz CT molecular complexity index is 352. The summed E-state index contributed by atoms with van der Waals surface area (Å²) in [6.07, 6.45) is 7.07. The quantitative estimate of drug-likeness (QED) is 0.862. The fourth-order valence-electron chi connectivity index (χ4n) is 3.22. The monoisotopic (exact) mass is 296 g/mol. The van der Waals surface area contributed by atoms with Gasteiger partial charge >= 0.3 is 6.09 Å². The first-order valence-corrected chi connectivity index (χ1v) is 8.48. The highest BCUT2D eigenvalue weighted by Crippen LogP contribution is 2.33. The van der Waals surface area contributed by atoms with Crippen LogP contribution < -0.4 is 5.32 Å². The Labute approximate surface area is 129 Å².